The molecule has 0 heterocycles. The van der Waals surface area contributed by atoms with Crippen molar-refractivity contribution in [2.45, 2.75) is 38.2 Å². The fraction of sp³-hybridized carbons (Fsp3) is 0.700. The Morgan fingerprint density at radius 1 is 1.46 bits per heavy atom. The summed E-state index contributed by atoms with van der Waals surface area (Å²) in [6.45, 7) is 1.85. The Bertz CT molecular complexity index is 297. The minimum absolute atomic E-state index is 0.176. The predicted molar refractivity (Wildman–Crippen MR) is 50.5 cm³/mol. The SMILES string of the molecule is C[C@]12CCC(Cl)=C[C@@]1(O)CCC2=O. The quantitative estimate of drug-likeness (QED) is 0.650. The number of aliphatic hydroxyl groups is 1. The van der Waals surface area contributed by atoms with Gasteiger partial charge in [-0.05, 0) is 32.3 Å². The molecule has 0 spiro atoms. The second-order valence-corrected chi connectivity index (χ2v) is 4.76. The molecule has 0 unspecified atom stereocenters. The van der Waals surface area contributed by atoms with Gasteiger partial charge in [-0.25, -0.2) is 0 Å². The van der Waals surface area contributed by atoms with Gasteiger partial charge >= 0.3 is 0 Å². The number of carbonyl (C=O) groups is 1. The molecule has 13 heavy (non-hydrogen) atoms. The van der Waals surface area contributed by atoms with Gasteiger partial charge in [0, 0.05) is 11.5 Å². The lowest BCUT2D eigenvalue weighted by Gasteiger charge is -2.39. The zero-order chi connectivity index (χ0) is 9.69. The Balaban J connectivity index is 2.46. The van der Waals surface area contributed by atoms with Crippen LogP contribution in [0, 0.1) is 5.41 Å². The van der Waals surface area contributed by atoms with Gasteiger partial charge in [-0.2, -0.15) is 0 Å². The first-order chi connectivity index (χ1) is 5.98. The van der Waals surface area contributed by atoms with E-state index in [-0.39, 0.29) is 5.78 Å². The first-order valence-electron chi connectivity index (χ1n) is 4.61. The average molecular weight is 201 g/mol. The number of carbonyl (C=O) groups excluding carboxylic acids is 1. The van der Waals surface area contributed by atoms with Crippen LogP contribution < -0.4 is 0 Å². The Labute approximate surface area is 82.6 Å². The van der Waals surface area contributed by atoms with E-state index in [1.54, 1.807) is 6.08 Å². The van der Waals surface area contributed by atoms with Gasteiger partial charge < -0.3 is 5.11 Å². The third-order valence-corrected chi connectivity index (χ3v) is 3.86. The average Bonchev–Trinajstić information content (AvgIpc) is 2.28. The lowest BCUT2D eigenvalue weighted by molar-refractivity contribution is -0.132. The van der Waals surface area contributed by atoms with Gasteiger partial charge in [0.15, 0.2) is 0 Å². The fourth-order valence-electron chi connectivity index (χ4n) is 2.39. The first-order valence-corrected chi connectivity index (χ1v) is 4.99. The maximum Gasteiger partial charge on any atom is 0.142 e. The number of Topliss-reactive ketones (excluding diaryl/α,β-unsaturated/α-hetero) is 1. The standard InChI is InChI=1S/C10H13ClO2/c1-9-4-2-7(11)6-10(9,13)5-3-8(9)12/h6,13H,2-5H2,1H3/t9-,10+/m1/s1. The van der Waals surface area contributed by atoms with Gasteiger partial charge in [0.1, 0.15) is 5.78 Å². The zero-order valence-corrected chi connectivity index (χ0v) is 8.40. The molecule has 0 saturated heterocycles. The van der Waals surface area contributed by atoms with Crippen molar-refractivity contribution in [3.8, 4) is 0 Å². The van der Waals surface area contributed by atoms with Crippen LogP contribution in [0.1, 0.15) is 32.6 Å². The highest BCUT2D eigenvalue weighted by Crippen LogP contribution is 2.51. The van der Waals surface area contributed by atoms with Crippen LogP contribution in [0.15, 0.2) is 11.1 Å². The molecule has 0 aromatic carbocycles. The normalized spacial score (nSPS) is 44.5. The van der Waals surface area contributed by atoms with Gasteiger partial charge in [0.05, 0.1) is 11.0 Å². The van der Waals surface area contributed by atoms with Gasteiger partial charge in [-0.1, -0.05) is 11.6 Å². The highest BCUT2D eigenvalue weighted by atomic mass is 35.5. The molecule has 72 valence electrons. The molecule has 0 aliphatic heterocycles. The van der Waals surface area contributed by atoms with E-state index < -0.39 is 11.0 Å². The van der Waals surface area contributed by atoms with Gasteiger partial charge in [0.25, 0.3) is 0 Å². The molecule has 2 nitrogen and oxygen atoms in total. The molecule has 3 heteroatoms. The first kappa shape index (κ1) is 9.22. The number of fused-ring (bicyclic) bond motifs is 1. The molecule has 2 aliphatic rings. The highest BCUT2D eigenvalue weighted by molar-refractivity contribution is 6.29. The summed E-state index contributed by atoms with van der Waals surface area (Å²) >= 11 is 5.87. The van der Waals surface area contributed by atoms with Gasteiger partial charge in [0.2, 0.25) is 0 Å². The van der Waals surface area contributed by atoms with E-state index in [2.05, 4.69) is 0 Å². The molecule has 0 bridgehead atoms. The molecule has 2 atom stereocenters. The summed E-state index contributed by atoms with van der Waals surface area (Å²) in [4.78, 5) is 11.6. The molecular formula is C10H13ClO2. The molecule has 0 aromatic rings. The number of ketones is 1. The number of hydrogen-bond donors (Lipinski definition) is 1. The Kier molecular flexibility index (Phi) is 1.83. The van der Waals surface area contributed by atoms with E-state index in [1.165, 1.54) is 0 Å². The topological polar surface area (TPSA) is 37.3 Å². The third-order valence-electron chi connectivity index (χ3n) is 3.56. The van der Waals surface area contributed by atoms with E-state index >= 15 is 0 Å². The maximum atomic E-state index is 11.6. The van der Waals surface area contributed by atoms with E-state index in [0.717, 1.165) is 0 Å². The van der Waals surface area contributed by atoms with Crippen molar-refractivity contribution in [1.29, 1.82) is 0 Å². The molecule has 2 rings (SSSR count). The van der Waals surface area contributed by atoms with Crippen LogP contribution in [0.3, 0.4) is 0 Å². The van der Waals surface area contributed by atoms with E-state index in [9.17, 15) is 9.90 Å². The van der Waals surface area contributed by atoms with Crippen molar-refractivity contribution in [2.75, 3.05) is 0 Å². The number of halogens is 1. The van der Waals surface area contributed by atoms with Crippen molar-refractivity contribution in [3.05, 3.63) is 11.1 Å². The van der Waals surface area contributed by atoms with Crippen LogP contribution in [0.5, 0.6) is 0 Å². The highest BCUT2D eigenvalue weighted by Gasteiger charge is 2.56. The summed E-state index contributed by atoms with van der Waals surface area (Å²) < 4.78 is 0. The second kappa shape index (κ2) is 2.58. The Morgan fingerprint density at radius 3 is 2.85 bits per heavy atom. The van der Waals surface area contributed by atoms with Crippen LogP contribution in [-0.2, 0) is 4.79 Å². The molecule has 2 aliphatic carbocycles. The molecule has 1 N–H and O–H groups in total. The number of allylic oxidation sites excluding steroid dienone is 1. The third kappa shape index (κ3) is 1.09. The van der Waals surface area contributed by atoms with Gasteiger partial charge in [-0.3, -0.25) is 4.79 Å². The predicted octanol–water partition coefficient (Wildman–Crippen LogP) is 2.00. The summed E-state index contributed by atoms with van der Waals surface area (Å²) in [5, 5.41) is 10.9. The van der Waals surface area contributed by atoms with Crippen LogP contribution in [0.25, 0.3) is 0 Å². The van der Waals surface area contributed by atoms with Crippen molar-refractivity contribution < 1.29 is 9.90 Å². The van der Waals surface area contributed by atoms with E-state index in [1.807, 2.05) is 6.92 Å². The fourth-order valence-corrected chi connectivity index (χ4v) is 2.66. The summed E-state index contributed by atoms with van der Waals surface area (Å²) in [6.07, 6.45) is 4.07. The molecular weight excluding hydrogens is 188 g/mol. The summed E-state index contributed by atoms with van der Waals surface area (Å²) in [7, 11) is 0. The Hall–Kier alpha value is -0.340. The molecule has 0 aromatic heterocycles. The van der Waals surface area contributed by atoms with Crippen molar-refractivity contribution in [2.24, 2.45) is 5.41 Å². The summed E-state index contributed by atoms with van der Waals surface area (Å²) in [6, 6.07) is 0. The minimum atomic E-state index is -0.973. The Morgan fingerprint density at radius 2 is 2.15 bits per heavy atom. The van der Waals surface area contributed by atoms with Gasteiger partial charge in [-0.15, -0.1) is 0 Å². The summed E-state index contributed by atoms with van der Waals surface area (Å²) in [5.74, 6) is 0.176. The largest absolute Gasteiger partial charge is 0.385 e. The smallest absolute Gasteiger partial charge is 0.142 e. The zero-order valence-electron chi connectivity index (χ0n) is 7.64. The maximum absolute atomic E-state index is 11.6. The van der Waals surface area contributed by atoms with E-state index in [0.29, 0.717) is 30.7 Å². The van der Waals surface area contributed by atoms with Crippen LogP contribution >= 0.6 is 11.6 Å². The van der Waals surface area contributed by atoms with Crippen molar-refractivity contribution in [1.82, 2.24) is 0 Å². The monoisotopic (exact) mass is 200 g/mol. The molecule has 0 amide bonds. The van der Waals surface area contributed by atoms with Crippen molar-refractivity contribution in [3.63, 3.8) is 0 Å². The van der Waals surface area contributed by atoms with Crippen LogP contribution in [0.4, 0.5) is 0 Å². The molecule has 0 radical (unpaired) electrons. The lowest BCUT2D eigenvalue weighted by atomic mass is 9.69. The molecule has 1 fully saturated rings. The van der Waals surface area contributed by atoms with Crippen molar-refractivity contribution >= 4 is 17.4 Å². The number of rotatable bonds is 0. The summed E-state index contributed by atoms with van der Waals surface area (Å²) in [5.41, 5.74) is -1.55. The lowest BCUT2D eigenvalue weighted by Crippen LogP contribution is -2.45. The minimum Gasteiger partial charge on any atom is -0.385 e. The number of hydrogen-bond acceptors (Lipinski definition) is 2. The molecule has 1 saturated carbocycles. The van der Waals surface area contributed by atoms with Crippen LogP contribution in [-0.4, -0.2) is 16.5 Å². The van der Waals surface area contributed by atoms with E-state index in [4.69, 9.17) is 11.6 Å². The second-order valence-electron chi connectivity index (χ2n) is 4.27. The van der Waals surface area contributed by atoms with Crippen LogP contribution in [0.2, 0.25) is 0 Å².